The molecule has 7 heteroatoms. The highest BCUT2D eigenvalue weighted by Gasteiger charge is 2.36. The topological polar surface area (TPSA) is 81.1 Å². The number of carbonyl (C=O) groups excluding carboxylic acids is 2. The molecule has 3 atom stereocenters. The molecular formula is C21H30N3O4+. The van der Waals surface area contributed by atoms with E-state index in [1.165, 1.54) is 11.3 Å². The van der Waals surface area contributed by atoms with Crippen molar-refractivity contribution in [2.75, 3.05) is 26.8 Å². The minimum atomic E-state index is -0.548. The van der Waals surface area contributed by atoms with E-state index in [0.717, 1.165) is 30.7 Å². The molecule has 3 N–H and O–H groups in total. The van der Waals surface area contributed by atoms with Crippen molar-refractivity contribution >= 4 is 12.0 Å². The molecule has 2 aliphatic rings. The number of amides is 2. The van der Waals surface area contributed by atoms with Crippen molar-refractivity contribution in [1.29, 1.82) is 0 Å². The van der Waals surface area contributed by atoms with Crippen LogP contribution in [0.4, 0.5) is 4.79 Å². The predicted octanol–water partition coefficient (Wildman–Crippen LogP) is 1.32. The molecule has 28 heavy (non-hydrogen) atoms. The van der Waals surface area contributed by atoms with Crippen LogP contribution in [0.15, 0.2) is 35.5 Å². The molecule has 152 valence electrons. The summed E-state index contributed by atoms with van der Waals surface area (Å²) in [5, 5.41) is 5.76. The molecule has 3 rings (SSSR count). The van der Waals surface area contributed by atoms with Crippen LogP contribution in [-0.2, 0) is 9.53 Å². The summed E-state index contributed by atoms with van der Waals surface area (Å²) in [7, 11) is 1.60. The molecule has 1 saturated heterocycles. The lowest BCUT2D eigenvalue weighted by Crippen LogP contribution is -3.16. The van der Waals surface area contributed by atoms with Gasteiger partial charge in [-0.1, -0.05) is 12.1 Å². The summed E-state index contributed by atoms with van der Waals surface area (Å²) in [6, 6.07) is 7.02. The Labute approximate surface area is 166 Å². The number of hydrogen-bond acceptors (Lipinski definition) is 4. The second-order valence-electron chi connectivity index (χ2n) is 7.40. The zero-order valence-electron chi connectivity index (χ0n) is 16.8. The number of likely N-dealkylation sites (tertiary alicyclic amines) is 1. The monoisotopic (exact) mass is 388 g/mol. The number of quaternary nitrogens is 1. The minimum Gasteiger partial charge on any atom is -0.497 e. The molecule has 2 heterocycles. The van der Waals surface area contributed by atoms with E-state index < -0.39 is 12.0 Å². The van der Waals surface area contributed by atoms with E-state index in [4.69, 9.17) is 9.47 Å². The van der Waals surface area contributed by atoms with Crippen molar-refractivity contribution in [3.05, 3.63) is 41.1 Å². The maximum absolute atomic E-state index is 12.8. The molecule has 0 radical (unpaired) electrons. The number of piperidine rings is 1. The fraction of sp³-hybridized carbons (Fsp3) is 0.524. The number of hydrogen-bond donors (Lipinski definition) is 3. The normalized spacial score (nSPS) is 25.0. The highest BCUT2D eigenvalue weighted by Crippen LogP contribution is 2.28. The summed E-state index contributed by atoms with van der Waals surface area (Å²) in [6.07, 6.45) is 3.55. The van der Waals surface area contributed by atoms with E-state index >= 15 is 0 Å². The van der Waals surface area contributed by atoms with Crippen LogP contribution in [0, 0.1) is 0 Å². The van der Waals surface area contributed by atoms with Crippen molar-refractivity contribution < 1.29 is 24.0 Å². The third kappa shape index (κ3) is 4.47. The molecule has 1 unspecified atom stereocenters. The van der Waals surface area contributed by atoms with Gasteiger partial charge < -0.3 is 25.0 Å². The Hall–Kier alpha value is -2.54. The lowest BCUT2D eigenvalue weighted by atomic mass is 9.94. The second-order valence-corrected chi connectivity index (χ2v) is 7.40. The maximum Gasteiger partial charge on any atom is 0.338 e. The van der Waals surface area contributed by atoms with Gasteiger partial charge in [0.15, 0.2) is 0 Å². The molecular weight excluding hydrogens is 358 g/mol. The van der Waals surface area contributed by atoms with E-state index in [9.17, 15) is 9.59 Å². The van der Waals surface area contributed by atoms with Crippen LogP contribution in [0.25, 0.3) is 0 Å². The standard InChI is InChI=1S/C21H29N3O4/c1-4-28-20(25)18-17(13-24-12-6-5-7-14(24)2)22-21(26)23-19(18)15-8-10-16(27-3)11-9-15/h8-11,14,19H,4-7,12-13H2,1-3H3,(H2,22,23,26)/p+1/t14-,19-/m0/s1. The Bertz CT molecular complexity index is 745. The largest absolute Gasteiger partial charge is 0.497 e. The number of esters is 1. The number of benzene rings is 1. The minimum absolute atomic E-state index is 0.284. The zero-order valence-corrected chi connectivity index (χ0v) is 16.8. The Kier molecular flexibility index (Phi) is 6.57. The number of carbonyl (C=O) groups is 2. The molecule has 1 aromatic rings. The number of rotatable bonds is 6. The SMILES string of the molecule is CCOC(=O)C1=C(C[NH+]2CCCC[C@@H]2C)NC(=O)N[C@H]1c1ccc(OC)cc1. The van der Waals surface area contributed by atoms with Gasteiger partial charge in [0.25, 0.3) is 0 Å². The summed E-state index contributed by atoms with van der Waals surface area (Å²) in [5.41, 5.74) is 1.96. The smallest absolute Gasteiger partial charge is 0.338 e. The van der Waals surface area contributed by atoms with Gasteiger partial charge in [-0.25, -0.2) is 9.59 Å². The fourth-order valence-electron chi connectivity index (χ4n) is 4.00. The third-order valence-electron chi connectivity index (χ3n) is 5.58. The Balaban J connectivity index is 1.98. The van der Waals surface area contributed by atoms with Crippen molar-refractivity contribution in [3.8, 4) is 5.75 Å². The lowest BCUT2D eigenvalue weighted by molar-refractivity contribution is -0.924. The van der Waals surface area contributed by atoms with Gasteiger partial charge in [-0.05, 0) is 50.8 Å². The van der Waals surface area contributed by atoms with E-state index in [0.29, 0.717) is 23.9 Å². The Morgan fingerprint density at radius 1 is 1.25 bits per heavy atom. The van der Waals surface area contributed by atoms with E-state index in [1.54, 1.807) is 14.0 Å². The van der Waals surface area contributed by atoms with Gasteiger partial charge in [-0.3, -0.25) is 0 Å². The first kappa shape index (κ1) is 20.2. The number of urea groups is 1. The van der Waals surface area contributed by atoms with Gasteiger partial charge in [0, 0.05) is 0 Å². The molecule has 7 nitrogen and oxygen atoms in total. The van der Waals surface area contributed by atoms with Crippen molar-refractivity contribution in [1.82, 2.24) is 10.6 Å². The van der Waals surface area contributed by atoms with Gasteiger partial charge in [-0.2, -0.15) is 0 Å². The molecule has 2 amide bonds. The van der Waals surface area contributed by atoms with Crippen molar-refractivity contribution in [3.63, 3.8) is 0 Å². The van der Waals surface area contributed by atoms with Crippen molar-refractivity contribution in [2.24, 2.45) is 0 Å². The molecule has 0 saturated carbocycles. The van der Waals surface area contributed by atoms with Gasteiger partial charge in [0.2, 0.25) is 0 Å². The zero-order chi connectivity index (χ0) is 20.1. The van der Waals surface area contributed by atoms with Crippen LogP contribution < -0.4 is 20.3 Å². The second kappa shape index (κ2) is 9.10. The predicted molar refractivity (Wildman–Crippen MR) is 105 cm³/mol. The quantitative estimate of drug-likeness (QED) is 0.642. The van der Waals surface area contributed by atoms with E-state index in [1.807, 2.05) is 24.3 Å². The first-order chi connectivity index (χ1) is 13.5. The number of methoxy groups -OCH3 is 1. The van der Waals surface area contributed by atoms with Crippen LogP contribution in [0.5, 0.6) is 5.75 Å². The average molecular weight is 388 g/mol. The van der Waals surface area contributed by atoms with E-state index in [2.05, 4.69) is 17.6 Å². The van der Waals surface area contributed by atoms with Crippen LogP contribution in [-0.4, -0.2) is 44.8 Å². The summed E-state index contributed by atoms with van der Waals surface area (Å²) in [5.74, 6) is 0.326. The van der Waals surface area contributed by atoms with Crippen molar-refractivity contribution in [2.45, 2.75) is 45.2 Å². The summed E-state index contributed by atoms with van der Waals surface area (Å²) in [6.45, 7) is 5.94. The van der Waals surface area contributed by atoms with Crippen LogP contribution in [0.2, 0.25) is 0 Å². The molecule has 2 aliphatic heterocycles. The summed E-state index contributed by atoms with van der Waals surface area (Å²) >= 11 is 0. The maximum atomic E-state index is 12.8. The molecule has 0 aliphatic carbocycles. The molecule has 1 fully saturated rings. The summed E-state index contributed by atoms with van der Waals surface area (Å²) in [4.78, 5) is 26.6. The van der Waals surface area contributed by atoms with Gasteiger partial charge in [-0.15, -0.1) is 0 Å². The Morgan fingerprint density at radius 3 is 2.64 bits per heavy atom. The molecule has 0 aromatic heterocycles. The highest BCUT2D eigenvalue weighted by molar-refractivity contribution is 5.95. The first-order valence-electron chi connectivity index (χ1n) is 9.99. The molecule has 0 spiro atoms. The fourth-order valence-corrected chi connectivity index (χ4v) is 4.00. The third-order valence-corrected chi connectivity index (χ3v) is 5.58. The average Bonchev–Trinajstić information content (AvgIpc) is 2.69. The number of ether oxygens (including phenoxy) is 2. The van der Waals surface area contributed by atoms with E-state index in [-0.39, 0.29) is 12.6 Å². The molecule has 0 bridgehead atoms. The van der Waals surface area contributed by atoms with Gasteiger partial charge >= 0.3 is 12.0 Å². The highest BCUT2D eigenvalue weighted by atomic mass is 16.5. The first-order valence-corrected chi connectivity index (χ1v) is 9.99. The lowest BCUT2D eigenvalue weighted by Gasteiger charge is -2.34. The van der Waals surface area contributed by atoms with Crippen LogP contribution in [0.1, 0.15) is 44.7 Å². The molecule has 1 aromatic carbocycles. The summed E-state index contributed by atoms with van der Waals surface area (Å²) < 4.78 is 10.6. The van der Waals surface area contributed by atoms with Crippen LogP contribution >= 0.6 is 0 Å². The van der Waals surface area contributed by atoms with Crippen LogP contribution in [0.3, 0.4) is 0 Å². The van der Waals surface area contributed by atoms with Gasteiger partial charge in [0.05, 0.1) is 43.6 Å². The number of nitrogens with one attached hydrogen (secondary N) is 3. The van der Waals surface area contributed by atoms with Gasteiger partial charge in [0.1, 0.15) is 12.3 Å². The Morgan fingerprint density at radius 2 is 2.00 bits per heavy atom.